The molecule has 0 saturated heterocycles. The maximum Gasteiger partial charge on any atom is 0.0570 e. The van der Waals surface area contributed by atoms with Gasteiger partial charge in [0, 0.05) is 13.2 Å². The molecule has 1 aromatic rings. The summed E-state index contributed by atoms with van der Waals surface area (Å²) in [7, 11) is 1.90. The van der Waals surface area contributed by atoms with Gasteiger partial charge in [0.25, 0.3) is 0 Å². The molecule has 80 valence electrons. The zero-order valence-corrected chi connectivity index (χ0v) is 9.35. The van der Waals surface area contributed by atoms with Crippen LogP contribution in [0.3, 0.4) is 0 Å². The van der Waals surface area contributed by atoms with E-state index in [1.165, 1.54) is 0 Å². The largest absolute Gasteiger partial charge is 0.285 e. The van der Waals surface area contributed by atoms with Crippen molar-refractivity contribution < 1.29 is 0 Å². The molecule has 0 aliphatic rings. The number of hydrogen-bond acceptors (Lipinski definition) is 2. The minimum atomic E-state index is 0.379. The van der Waals surface area contributed by atoms with Gasteiger partial charge in [-0.15, -0.1) is 6.58 Å². The number of anilines is 1. The summed E-state index contributed by atoms with van der Waals surface area (Å²) in [6, 6.07) is 10.2. The number of allylic oxidation sites excluding steroid dienone is 2. The number of hydrazine groups is 1. The van der Waals surface area contributed by atoms with Crippen LogP contribution in [-0.4, -0.2) is 7.05 Å². The first-order chi connectivity index (χ1) is 7.27. The SMILES string of the molecule is C=CC(C)/C=C\N(NC)c1ccccc1. The highest BCUT2D eigenvalue weighted by atomic mass is 15.5. The Morgan fingerprint density at radius 1 is 1.33 bits per heavy atom. The molecular weight excluding hydrogens is 184 g/mol. The Morgan fingerprint density at radius 2 is 2.00 bits per heavy atom. The Bertz CT molecular complexity index is 317. The van der Waals surface area contributed by atoms with Crippen molar-refractivity contribution in [1.29, 1.82) is 0 Å². The van der Waals surface area contributed by atoms with E-state index >= 15 is 0 Å². The lowest BCUT2D eigenvalue weighted by molar-refractivity contribution is 0.814. The molecular formula is C13H18N2. The fourth-order valence-electron chi connectivity index (χ4n) is 1.18. The second-order valence-electron chi connectivity index (χ2n) is 3.37. The van der Waals surface area contributed by atoms with Crippen LogP contribution in [0.15, 0.2) is 55.3 Å². The van der Waals surface area contributed by atoms with Gasteiger partial charge in [0.1, 0.15) is 0 Å². The summed E-state index contributed by atoms with van der Waals surface area (Å²) in [6.07, 6.45) is 6.02. The van der Waals surface area contributed by atoms with E-state index in [4.69, 9.17) is 0 Å². The molecule has 1 N–H and O–H groups in total. The molecule has 1 unspecified atom stereocenters. The molecule has 0 aliphatic carbocycles. The van der Waals surface area contributed by atoms with E-state index in [1.54, 1.807) is 0 Å². The topological polar surface area (TPSA) is 15.3 Å². The Hall–Kier alpha value is -1.54. The summed E-state index contributed by atoms with van der Waals surface area (Å²) in [4.78, 5) is 0. The van der Waals surface area contributed by atoms with Gasteiger partial charge in [-0.2, -0.15) is 0 Å². The number of hydrogen-bond donors (Lipinski definition) is 1. The van der Waals surface area contributed by atoms with Crippen molar-refractivity contribution in [1.82, 2.24) is 5.43 Å². The van der Waals surface area contributed by atoms with Crippen molar-refractivity contribution in [3.05, 3.63) is 55.3 Å². The second kappa shape index (κ2) is 6.04. The Labute approximate surface area is 91.9 Å². The highest BCUT2D eigenvalue weighted by Crippen LogP contribution is 2.11. The third-order valence-electron chi connectivity index (χ3n) is 2.19. The van der Waals surface area contributed by atoms with Crippen molar-refractivity contribution in [2.24, 2.45) is 5.92 Å². The van der Waals surface area contributed by atoms with Crippen LogP contribution in [0.5, 0.6) is 0 Å². The van der Waals surface area contributed by atoms with E-state index in [0.717, 1.165) is 5.69 Å². The van der Waals surface area contributed by atoms with Crippen LogP contribution in [0.2, 0.25) is 0 Å². The van der Waals surface area contributed by atoms with Crippen molar-refractivity contribution in [3.63, 3.8) is 0 Å². The molecule has 1 aromatic carbocycles. The maximum absolute atomic E-state index is 3.75. The molecule has 0 aromatic heterocycles. The first-order valence-corrected chi connectivity index (χ1v) is 5.10. The number of nitrogens with one attached hydrogen (secondary N) is 1. The summed E-state index contributed by atoms with van der Waals surface area (Å²) in [5, 5.41) is 1.97. The number of benzene rings is 1. The van der Waals surface area contributed by atoms with Crippen molar-refractivity contribution in [3.8, 4) is 0 Å². The van der Waals surface area contributed by atoms with Crippen molar-refractivity contribution >= 4 is 5.69 Å². The molecule has 1 atom stereocenters. The number of rotatable bonds is 5. The smallest absolute Gasteiger partial charge is 0.0570 e. The van der Waals surface area contributed by atoms with Crippen molar-refractivity contribution in [2.75, 3.05) is 12.1 Å². The summed E-state index contributed by atoms with van der Waals surface area (Å²) >= 11 is 0. The van der Waals surface area contributed by atoms with Gasteiger partial charge in [-0.05, 0) is 18.1 Å². The van der Waals surface area contributed by atoms with Crippen LogP contribution in [0, 0.1) is 5.92 Å². The molecule has 1 rings (SSSR count). The predicted molar refractivity (Wildman–Crippen MR) is 66.5 cm³/mol. The second-order valence-corrected chi connectivity index (χ2v) is 3.37. The summed E-state index contributed by atoms with van der Waals surface area (Å²) in [5.41, 5.74) is 4.23. The van der Waals surface area contributed by atoms with Gasteiger partial charge < -0.3 is 0 Å². The van der Waals surface area contributed by atoms with Gasteiger partial charge in [-0.25, -0.2) is 5.43 Å². The van der Waals surface area contributed by atoms with Gasteiger partial charge in [-0.1, -0.05) is 37.3 Å². The van der Waals surface area contributed by atoms with E-state index in [0.29, 0.717) is 5.92 Å². The van der Waals surface area contributed by atoms with Crippen LogP contribution >= 0.6 is 0 Å². The molecule has 0 fully saturated rings. The van der Waals surface area contributed by atoms with Gasteiger partial charge in [0.15, 0.2) is 0 Å². The third kappa shape index (κ3) is 3.60. The van der Waals surface area contributed by atoms with Gasteiger partial charge in [0.2, 0.25) is 0 Å². The molecule has 2 heteroatoms. The van der Waals surface area contributed by atoms with E-state index < -0.39 is 0 Å². The molecule has 0 aliphatic heterocycles. The van der Waals surface area contributed by atoms with E-state index in [2.05, 4.69) is 37.1 Å². The van der Waals surface area contributed by atoms with E-state index in [9.17, 15) is 0 Å². The summed E-state index contributed by atoms with van der Waals surface area (Å²) in [5.74, 6) is 0.379. The average molecular weight is 202 g/mol. The predicted octanol–water partition coefficient (Wildman–Crippen LogP) is 2.96. The highest BCUT2D eigenvalue weighted by molar-refractivity contribution is 5.47. The Balaban J connectivity index is 2.73. The molecule has 0 saturated carbocycles. The molecule has 0 bridgehead atoms. The van der Waals surface area contributed by atoms with Crippen LogP contribution in [-0.2, 0) is 0 Å². The minimum absolute atomic E-state index is 0.379. The van der Waals surface area contributed by atoms with Crippen LogP contribution in [0.4, 0.5) is 5.69 Å². The lowest BCUT2D eigenvalue weighted by Crippen LogP contribution is -2.29. The van der Waals surface area contributed by atoms with Crippen LogP contribution < -0.4 is 10.4 Å². The van der Waals surface area contributed by atoms with Gasteiger partial charge in [-0.3, -0.25) is 5.01 Å². The summed E-state index contributed by atoms with van der Waals surface area (Å²) < 4.78 is 0. The van der Waals surface area contributed by atoms with E-state index in [-0.39, 0.29) is 0 Å². The fourth-order valence-corrected chi connectivity index (χ4v) is 1.18. The number of para-hydroxylation sites is 1. The number of nitrogens with zero attached hydrogens (tertiary/aromatic N) is 1. The quantitative estimate of drug-likeness (QED) is 0.583. The lowest BCUT2D eigenvalue weighted by atomic mass is 10.2. The summed E-state index contributed by atoms with van der Waals surface area (Å²) in [6.45, 7) is 5.85. The molecule has 15 heavy (non-hydrogen) atoms. The fraction of sp³-hybridized carbons (Fsp3) is 0.231. The standard InChI is InChI=1S/C13H18N2/c1-4-12(2)10-11-15(14-3)13-8-6-5-7-9-13/h4-12,14H,1H2,2-3H3/b11-10-. The molecule has 0 heterocycles. The Kier molecular flexibility index (Phi) is 4.64. The highest BCUT2D eigenvalue weighted by Gasteiger charge is 1.98. The minimum Gasteiger partial charge on any atom is -0.285 e. The van der Waals surface area contributed by atoms with Crippen LogP contribution in [0.25, 0.3) is 0 Å². The average Bonchev–Trinajstić information content (AvgIpc) is 2.31. The molecule has 2 nitrogen and oxygen atoms in total. The molecule has 0 spiro atoms. The maximum atomic E-state index is 3.75. The Morgan fingerprint density at radius 3 is 2.53 bits per heavy atom. The van der Waals surface area contributed by atoms with Crippen molar-refractivity contribution in [2.45, 2.75) is 6.92 Å². The first kappa shape index (κ1) is 11.5. The molecule has 0 amide bonds. The third-order valence-corrected chi connectivity index (χ3v) is 2.19. The van der Waals surface area contributed by atoms with Gasteiger partial charge >= 0.3 is 0 Å². The van der Waals surface area contributed by atoms with E-state index in [1.807, 2.05) is 42.5 Å². The van der Waals surface area contributed by atoms with Gasteiger partial charge in [0.05, 0.1) is 5.69 Å². The zero-order valence-electron chi connectivity index (χ0n) is 9.35. The monoisotopic (exact) mass is 202 g/mol. The normalized spacial score (nSPS) is 12.7. The lowest BCUT2D eigenvalue weighted by Gasteiger charge is -2.19. The molecule has 0 radical (unpaired) electrons. The zero-order chi connectivity index (χ0) is 11.1. The first-order valence-electron chi connectivity index (χ1n) is 5.10. The van der Waals surface area contributed by atoms with Crippen LogP contribution in [0.1, 0.15) is 6.92 Å².